The Kier molecular flexibility index (Phi) is 9.83. The number of fused-ring (bicyclic) bond motifs is 2. The van der Waals surface area contributed by atoms with Gasteiger partial charge in [0, 0.05) is 43.0 Å². The van der Waals surface area contributed by atoms with Crippen LogP contribution in [0.1, 0.15) is 11.1 Å². The van der Waals surface area contributed by atoms with Crippen LogP contribution >= 0.6 is 15.9 Å². The average molecular weight is 937 g/mol. The van der Waals surface area contributed by atoms with Crippen molar-refractivity contribution in [1.82, 2.24) is 19.9 Å². The largest absolute Gasteiger partial charge is 0.304 e. The fraction of sp³-hybridized carbons (Fsp3) is 0.0417. The van der Waals surface area contributed by atoms with Gasteiger partial charge in [-0.05, 0) is 52.2 Å². The van der Waals surface area contributed by atoms with Crippen LogP contribution in [0.15, 0.2) is 162 Å². The van der Waals surface area contributed by atoms with Crippen molar-refractivity contribution >= 4 is 37.5 Å². The van der Waals surface area contributed by atoms with Crippen molar-refractivity contribution in [3.63, 3.8) is 0 Å². The molecule has 6 heteroatoms. The molecule has 0 bridgehead atoms. The second-order valence-corrected chi connectivity index (χ2v) is 14.2. The number of halogens is 1. The Hall–Kier alpha value is -5.65. The summed E-state index contributed by atoms with van der Waals surface area (Å²) >= 11 is 3.89. The minimum absolute atomic E-state index is 0. The maximum atomic E-state index is 5.09. The first-order valence-corrected chi connectivity index (χ1v) is 18.4. The van der Waals surface area contributed by atoms with Crippen LogP contribution < -0.4 is 0 Å². The van der Waals surface area contributed by atoms with Crippen molar-refractivity contribution in [3.8, 4) is 67.7 Å². The molecule has 0 saturated carbocycles. The predicted molar refractivity (Wildman–Crippen MR) is 221 cm³/mol. The van der Waals surface area contributed by atoms with Crippen molar-refractivity contribution in [1.29, 1.82) is 0 Å². The third-order valence-electron chi connectivity index (χ3n) is 9.64. The molecule has 1 radical (unpaired) electrons. The molecule has 0 spiro atoms. The summed E-state index contributed by atoms with van der Waals surface area (Å²) in [6, 6.07) is 56.1. The van der Waals surface area contributed by atoms with Crippen LogP contribution in [-0.4, -0.2) is 19.9 Å². The van der Waals surface area contributed by atoms with Gasteiger partial charge in [0.25, 0.3) is 0 Å². The number of hydrogen-bond acceptors (Lipinski definition) is 4. The standard InChI is InChI=1S/C48H32BrN4.Ir/c1-30-25-31(2)27-36(26-30)39-17-7-8-18-40(39)41-23-21-34(28-44(41)49)45-24-22-35(29-50-45)46-51-47(42-19-9-13-32-11-3-5-15-37(32)42)53-48(52-46)43-20-10-14-33-12-4-6-16-38(33)43;/h3-20,22-29H,1-2H3;/q-1;. The molecule has 7 aromatic carbocycles. The monoisotopic (exact) mass is 936 g/mol. The summed E-state index contributed by atoms with van der Waals surface area (Å²) in [5.74, 6) is 1.80. The third kappa shape index (κ3) is 6.81. The van der Waals surface area contributed by atoms with Gasteiger partial charge in [-0.25, -0.2) is 15.0 Å². The summed E-state index contributed by atoms with van der Waals surface area (Å²) in [6.07, 6.45) is 1.84. The van der Waals surface area contributed by atoms with E-state index in [9.17, 15) is 0 Å². The Balaban J connectivity index is 0.00000413. The molecule has 0 fully saturated rings. The smallest absolute Gasteiger partial charge is 0.165 e. The van der Waals surface area contributed by atoms with E-state index in [4.69, 9.17) is 19.9 Å². The number of nitrogens with zero attached hydrogens (tertiary/aromatic N) is 4. The van der Waals surface area contributed by atoms with Gasteiger partial charge >= 0.3 is 0 Å². The van der Waals surface area contributed by atoms with Crippen molar-refractivity contribution < 1.29 is 20.1 Å². The van der Waals surface area contributed by atoms with Gasteiger partial charge in [-0.1, -0.05) is 182 Å². The molecule has 261 valence electrons. The molecule has 0 saturated heterocycles. The van der Waals surface area contributed by atoms with E-state index in [1.54, 1.807) is 0 Å². The minimum Gasteiger partial charge on any atom is -0.304 e. The second kappa shape index (κ2) is 15.0. The molecule has 0 aliphatic heterocycles. The van der Waals surface area contributed by atoms with Crippen molar-refractivity contribution in [2.45, 2.75) is 13.8 Å². The molecular weight excluding hydrogens is 905 g/mol. The van der Waals surface area contributed by atoms with Gasteiger partial charge in [-0.15, -0.1) is 23.8 Å². The summed E-state index contributed by atoms with van der Waals surface area (Å²) in [5.41, 5.74) is 11.5. The summed E-state index contributed by atoms with van der Waals surface area (Å²) in [4.78, 5) is 20.1. The van der Waals surface area contributed by atoms with Gasteiger partial charge < -0.3 is 4.98 Å². The van der Waals surface area contributed by atoms with Crippen molar-refractivity contribution in [3.05, 3.63) is 180 Å². The van der Waals surface area contributed by atoms with E-state index in [1.165, 1.54) is 22.3 Å². The van der Waals surface area contributed by atoms with Crippen LogP contribution in [0.2, 0.25) is 0 Å². The Morgan fingerprint density at radius 3 is 1.61 bits per heavy atom. The second-order valence-electron chi connectivity index (χ2n) is 13.3. The summed E-state index contributed by atoms with van der Waals surface area (Å²) in [5, 5.41) is 4.44. The third-order valence-corrected chi connectivity index (χ3v) is 10.3. The van der Waals surface area contributed by atoms with E-state index in [2.05, 4.69) is 151 Å². The molecule has 0 aliphatic rings. The molecule has 9 aromatic rings. The zero-order valence-corrected chi connectivity index (χ0v) is 33.5. The van der Waals surface area contributed by atoms with Crippen LogP contribution in [0.3, 0.4) is 0 Å². The van der Waals surface area contributed by atoms with E-state index in [0.717, 1.165) is 65.1 Å². The van der Waals surface area contributed by atoms with Crippen LogP contribution in [0.5, 0.6) is 0 Å². The molecule has 0 amide bonds. The van der Waals surface area contributed by atoms with Crippen molar-refractivity contribution in [2.75, 3.05) is 0 Å². The Labute approximate surface area is 336 Å². The minimum atomic E-state index is 0. The van der Waals surface area contributed by atoms with Crippen molar-refractivity contribution in [2.24, 2.45) is 0 Å². The van der Waals surface area contributed by atoms with E-state index < -0.39 is 0 Å². The predicted octanol–water partition coefficient (Wildman–Crippen LogP) is 12.8. The molecule has 9 rings (SSSR count). The zero-order valence-electron chi connectivity index (χ0n) is 29.5. The number of hydrogen-bond donors (Lipinski definition) is 0. The Morgan fingerprint density at radius 2 is 1.02 bits per heavy atom. The number of aryl methyl sites for hydroxylation is 2. The maximum absolute atomic E-state index is 5.09. The number of pyridine rings is 1. The molecule has 0 atom stereocenters. The zero-order chi connectivity index (χ0) is 35.9. The molecule has 0 aliphatic carbocycles. The van der Waals surface area contributed by atoms with E-state index in [-0.39, 0.29) is 20.1 Å². The van der Waals surface area contributed by atoms with Gasteiger partial charge in [0.05, 0.1) is 0 Å². The SMILES string of the molecule is Cc1cc(C)cc(-c2ccccc2-c2c[c-]c(-c3ccc(-c4nc(-c5cccc6ccccc56)nc(-c5cccc6ccccc56)n4)cn3)cc2Br)c1.[Ir]. The topological polar surface area (TPSA) is 51.6 Å². The van der Waals surface area contributed by atoms with E-state index in [0.29, 0.717) is 17.5 Å². The van der Waals surface area contributed by atoms with Gasteiger partial charge in [0.2, 0.25) is 0 Å². The molecule has 0 N–H and O–H groups in total. The van der Waals surface area contributed by atoms with Gasteiger partial charge in [0.15, 0.2) is 17.5 Å². The van der Waals surface area contributed by atoms with Crippen LogP contribution in [0.4, 0.5) is 0 Å². The number of rotatable bonds is 6. The Morgan fingerprint density at radius 1 is 0.481 bits per heavy atom. The van der Waals surface area contributed by atoms with Gasteiger partial charge in [-0.3, -0.25) is 0 Å². The molecule has 4 nitrogen and oxygen atoms in total. The van der Waals surface area contributed by atoms with Crippen LogP contribution in [0, 0.1) is 19.9 Å². The maximum Gasteiger partial charge on any atom is 0.165 e. The fourth-order valence-corrected chi connectivity index (χ4v) is 7.75. The van der Waals surface area contributed by atoms with Gasteiger partial charge in [-0.2, -0.15) is 0 Å². The summed E-state index contributed by atoms with van der Waals surface area (Å²) in [6.45, 7) is 4.29. The summed E-state index contributed by atoms with van der Waals surface area (Å²) in [7, 11) is 0. The Bertz CT molecular complexity index is 2700. The first-order valence-electron chi connectivity index (χ1n) is 17.6. The average Bonchev–Trinajstić information content (AvgIpc) is 3.20. The fourth-order valence-electron chi connectivity index (χ4n) is 7.19. The normalized spacial score (nSPS) is 11.1. The molecule has 2 heterocycles. The van der Waals surface area contributed by atoms with Crippen LogP contribution in [0.25, 0.3) is 89.2 Å². The summed E-state index contributed by atoms with van der Waals surface area (Å²) < 4.78 is 0.978. The van der Waals surface area contributed by atoms with Crippen LogP contribution in [-0.2, 0) is 20.1 Å². The quantitative estimate of drug-likeness (QED) is 0.156. The number of aromatic nitrogens is 4. The number of benzene rings is 7. The molecule has 54 heavy (non-hydrogen) atoms. The molecular formula is C48H32BrIrN4-. The molecule has 2 aromatic heterocycles. The van der Waals surface area contributed by atoms with Gasteiger partial charge in [0.1, 0.15) is 0 Å². The van der Waals surface area contributed by atoms with E-state index >= 15 is 0 Å². The first-order chi connectivity index (χ1) is 26.0. The molecule has 0 unspecified atom stereocenters. The first kappa shape index (κ1) is 35.4. The van der Waals surface area contributed by atoms with E-state index in [1.807, 2.05) is 42.6 Å².